The number of pyridine rings is 1. The lowest BCUT2D eigenvalue weighted by Crippen LogP contribution is -2.01. The second-order valence-electron chi connectivity index (χ2n) is 3.58. The van der Waals surface area contributed by atoms with Crippen molar-refractivity contribution < 1.29 is 4.79 Å². The van der Waals surface area contributed by atoms with E-state index in [4.69, 9.17) is 0 Å². The van der Waals surface area contributed by atoms with Crippen LogP contribution in [0.3, 0.4) is 0 Å². The van der Waals surface area contributed by atoms with Gasteiger partial charge in [-0.2, -0.15) is 0 Å². The van der Waals surface area contributed by atoms with Gasteiger partial charge in [-0.25, -0.2) is 0 Å². The molecule has 0 radical (unpaired) electrons. The molecule has 0 aliphatic heterocycles. The molecule has 0 fully saturated rings. The highest BCUT2D eigenvalue weighted by Crippen LogP contribution is 2.17. The first kappa shape index (κ1) is 11.0. The van der Waals surface area contributed by atoms with Crippen LogP contribution < -0.4 is 0 Å². The number of hydrogen-bond donors (Lipinski definition) is 0. The minimum absolute atomic E-state index is 0.0202. The molecule has 0 spiro atoms. The van der Waals surface area contributed by atoms with Crippen LogP contribution in [0.25, 0.3) is 0 Å². The average Bonchev–Trinajstić information content (AvgIpc) is 2.28. The number of rotatable bonds is 2. The van der Waals surface area contributed by atoms with Crippen LogP contribution >= 0.6 is 15.9 Å². The van der Waals surface area contributed by atoms with E-state index in [0.717, 1.165) is 10.0 Å². The quantitative estimate of drug-likeness (QED) is 0.787. The van der Waals surface area contributed by atoms with Crippen molar-refractivity contribution in [1.29, 1.82) is 0 Å². The number of halogens is 1. The number of hydrogen-bond acceptors (Lipinski definition) is 2. The average molecular weight is 276 g/mol. The predicted molar refractivity (Wildman–Crippen MR) is 66.5 cm³/mol. The van der Waals surface area contributed by atoms with Crippen LogP contribution in [0.15, 0.2) is 47.2 Å². The summed E-state index contributed by atoms with van der Waals surface area (Å²) in [7, 11) is 0. The molecule has 0 aliphatic carbocycles. The van der Waals surface area contributed by atoms with E-state index in [2.05, 4.69) is 20.9 Å². The van der Waals surface area contributed by atoms with E-state index in [0.29, 0.717) is 11.1 Å². The Kier molecular flexibility index (Phi) is 3.15. The molecule has 0 unspecified atom stereocenters. The summed E-state index contributed by atoms with van der Waals surface area (Å²) in [5.74, 6) is 0.0202. The zero-order valence-electron chi connectivity index (χ0n) is 8.77. The molecule has 0 saturated carbocycles. The molecule has 0 aliphatic rings. The molecule has 0 atom stereocenters. The summed E-state index contributed by atoms with van der Waals surface area (Å²) in [5.41, 5.74) is 2.41. The number of aryl methyl sites for hydroxylation is 1. The largest absolute Gasteiger partial charge is 0.289 e. The van der Waals surface area contributed by atoms with Gasteiger partial charge < -0.3 is 0 Å². The normalized spacial score (nSPS) is 10.1. The van der Waals surface area contributed by atoms with Gasteiger partial charge in [0.05, 0.1) is 0 Å². The number of carbonyl (C=O) groups excluding carboxylic acids is 1. The summed E-state index contributed by atoms with van der Waals surface area (Å²) in [6.45, 7) is 1.97. The zero-order valence-corrected chi connectivity index (χ0v) is 10.4. The third-order valence-electron chi connectivity index (χ3n) is 2.25. The van der Waals surface area contributed by atoms with Crippen molar-refractivity contribution in [1.82, 2.24) is 4.98 Å². The minimum Gasteiger partial charge on any atom is -0.289 e. The maximum Gasteiger partial charge on any atom is 0.193 e. The van der Waals surface area contributed by atoms with E-state index < -0.39 is 0 Å². The molecule has 1 aromatic heterocycles. The molecule has 16 heavy (non-hydrogen) atoms. The van der Waals surface area contributed by atoms with E-state index in [-0.39, 0.29) is 5.78 Å². The van der Waals surface area contributed by atoms with Gasteiger partial charge in [0.15, 0.2) is 5.78 Å². The molecule has 3 heteroatoms. The van der Waals surface area contributed by atoms with Crippen molar-refractivity contribution in [3.05, 3.63) is 63.9 Å². The topological polar surface area (TPSA) is 30.0 Å². The Balaban J connectivity index is 2.42. The fourth-order valence-electron chi connectivity index (χ4n) is 1.54. The molecule has 2 aromatic rings. The fraction of sp³-hybridized carbons (Fsp3) is 0.0769. The van der Waals surface area contributed by atoms with Crippen molar-refractivity contribution in [2.45, 2.75) is 6.92 Å². The summed E-state index contributed by atoms with van der Waals surface area (Å²) >= 11 is 3.39. The lowest BCUT2D eigenvalue weighted by atomic mass is 10.0. The first-order valence-corrected chi connectivity index (χ1v) is 5.68. The Morgan fingerprint density at radius 3 is 2.44 bits per heavy atom. The summed E-state index contributed by atoms with van der Waals surface area (Å²) in [5, 5.41) is 0. The second kappa shape index (κ2) is 4.58. The zero-order chi connectivity index (χ0) is 11.5. The van der Waals surface area contributed by atoms with Crippen molar-refractivity contribution in [2.75, 3.05) is 0 Å². The van der Waals surface area contributed by atoms with E-state index in [1.54, 1.807) is 24.5 Å². The Morgan fingerprint density at radius 2 is 1.81 bits per heavy atom. The maximum atomic E-state index is 12.1. The number of ketones is 1. The molecule has 80 valence electrons. The fourth-order valence-corrected chi connectivity index (χ4v) is 2.15. The summed E-state index contributed by atoms with van der Waals surface area (Å²) in [6, 6.07) is 9.13. The summed E-state index contributed by atoms with van der Waals surface area (Å²) in [4.78, 5) is 16.0. The molecule has 2 rings (SSSR count). The molecule has 1 heterocycles. The van der Waals surface area contributed by atoms with Gasteiger partial charge in [0.1, 0.15) is 0 Å². The Hall–Kier alpha value is -1.48. The standard InChI is InChI=1S/C13H10BrNO/c1-9-6-11(8-12(14)7-9)13(16)10-2-4-15-5-3-10/h2-8H,1H3. The lowest BCUT2D eigenvalue weighted by molar-refractivity contribution is 0.103. The van der Waals surface area contributed by atoms with Crippen molar-refractivity contribution in [3.63, 3.8) is 0 Å². The molecule has 2 nitrogen and oxygen atoms in total. The first-order valence-electron chi connectivity index (χ1n) is 4.89. The molecular weight excluding hydrogens is 266 g/mol. The van der Waals surface area contributed by atoms with Crippen LogP contribution in [0.2, 0.25) is 0 Å². The first-order chi connectivity index (χ1) is 7.66. The van der Waals surface area contributed by atoms with Crippen LogP contribution in [0.1, 0.15) is 21.5 Å². The van der Waals surface area contributed by atoms with Gasteiger partial charge in [-0.1, -0.05) is 15.9 Å². The van der Waals surface area contributed by atoms with Crippen LogP contribution in [-0.2, 0) is 0 Å². The van der Waals surface area contributed by atoms with Gasteiger partial charge in [0.25, 0.3) is 0 Å². The van der Waals surface area contributed by atoms with Gasteiger partial charge in [-0.3, -0.25) is 9.78 Å². The van der Waals surface area contributed by atoms with Gasteiger partial charge in [0, 0.05) is 28.0 Å². The molecule has 0 saturated heterocycles. The van der Waals surface area contributed by atoms with Crippen LogP contribution in [0.5, 0.6) is 0 Å². The molecule has 1 aromatic carbocycles. The predicted octanol–water partition coefficient (Wildman–Crippen LogP) is 3.38. The molecule has 0 bridgehead atoms. The van der Waals surface area contributed by atoms with Crippen molar-refractivity contribution in [2.24, 2.45) is 0 Å². The smallest absolute Gasteiger partial charge is 0.193 e. The van der Waals surface area contributed by atoms with Gasteiger partial charge in [0.2, 0.25) is 0 Å². The minimum atomic E-state index is 0.0202. The third-order valence-corrected chi connectivity index (χ3v) is 2.70. The molecule has 0 amide bonds. The van der Waals surface area contributed by atoms with Crippen molar-refractivity contribution in [3.8, 4) is 0 Å². The Morgan fingerprint density at radius 1 is 1.12 bits per heavy atom. The summed E-state index contributed by atoms with van der Waals surface area (Å²) in [6.07, 6.45) is 3.25. The van der Waals surface area contributed by atoms with Crippen LogP contribution in [0, 0.1) is 6.92 Å². The van der Waals surface area contributed by atoms with E-state index >= 15 is 0 Å². The van der Waals surface area contributed by atoms with Crippen LogP contribution in [0.4, 0.5) is 0 Å². The van der Waals surface area contributed by atoms with Crippen LogP contribution in [-0.4, -0.2) is 10.8 Å². The number of nitrogens with zero attached hydrogens (tertiary/aromatic N) is 1. The van der Waals surface area contributed by atoms with E-state index in [1.165, 1.54) is 0 Å². The third kappa shape index (κ3) is 2.36. The highest BCUT2D eigenvalue weighted by Gasteiger charge is 2.09. The number of aromatic nitrogens is 1. The lowest BCUT2D eigenvalue weighted by Gasteiger charge is -2.03. The Bertz CT molecular complexity index is 502. The second-order valence-corrected chi connectivity index (χ2v) is 4.50. The highest BCUT2D eigenvalue weighted by molar-refractivity contribution is 9.10. The van der Waals surface area contributed by atoms with Crippen molar-refractivity contribution >= 4 is 21.7 Å². The number of carbonyl (C=O) groups is 1. The highest BCUT2D eigenvalue weighted by atomic mass is 79.9. The molecular formula is C13H10BrNO. The number of benzene rings is 1. The van der Waals surface area contributed by atoms with Gasteiger partial charge in [-0.05, 0) is 42.8 Å². The van der Waals surface area contributed by atoms with E-state index in [9.17, 15) is 4.79 Å². The monoisotopic (exact) mass is 275 g/mol. The van der Waals surface area contributed by atoms with Gasteiger partial charge >= 0.3 is 0 Å². The maximum absolute atomic E-state index is 12.1. The summed E-state index contributed by atoms with van der Waals surface area (Å²) < 4.78 is 0.921. The SMILES string of the molecule is Cc1cc(Br)cc(C(=O)c2ccncc2)c1. The molecule has 0 N–H and O–H groups in total. The Labute approximate surface area is 102 Å². The van der Waals surface area contributed by atoms with Gasteiger partial charge in [-0.15, -0.1) is 0 Å². The van der Waals surface area contributed by atoms with E-state index in [1.807, 2.05) is 25.1 Å².